The third-order valence-corrected chi connectivity index (χ3v) is 5.36. The largest absolute Gasteiger partial charge is 0.374 e. The fourth-order valence-corrected chi connectivity index (χ4v) is 3.96. The van der Waals surface area contributed by atoms with Gasteiger partial charge in [-0.15, -0.1) is 0 Å². The third-order valence-electron chi connectivity index (χ3n) is 5.36. The number of morpholine rings is 1. The molecular formula is C16H33N3O. The highest BCUT2D eigenvalue weighted by Gasteiger charge is 2.35. The molecule has 4 unspecified atom stereocenters. The lowest BCUT2D eigenvalue weighted by Gasteiger charge is -2.43. The van der Waals surface area contributed by atoms with E-state index in [1.807, 2.05) is 0 Å². The maximum atomic E-state index is 6.05. The van der Waals surface area contributed by atoms with Crippen molar-refractivity contribution in [1.29, 1.82) is 0 Å². The standard InChI is InChI=1S/C16H33N3O/c1-4-13-6-5-7-14(10-13)16(18-17)15-11-19(12(2)3)8-9-20-15/h12-16,18H,4-11,17H2,1-3H3. The molecule has 118 valence electrons. The average Bonchev–Trinajstić information content (AvgIpc) is 2.48. The van der Waals surface area contributed by atoms with Crippen LogP contribution >= 0.6 is 0 Å². The van der Waals surface area contributed by atoms with Crippen molar-refractivity contribution in [3.8, 4) is 0 Å². The summed E-state index contributed by atoms with van der Waals surface area (Å²) in [4.78, 5) is 2.51. The SMILES string of the molecule is CCC1CCCC(C(NN)C2CN(C(C)C)CCO2)C1. The summed E-state index contributed by atoms with van der Waals surface area (Å²) in [5.41, 5.74) is 3.09. The number of hydrogen-bond acceptors (Lipinski definition) is 4. The van der Waals surface area contributed by atoms with Crippen molar-refractivity contribution in [3.63, 3.8) is 0 Å². The molecule has 0 bridgehead atoms. The summed E-state index contributed by atoms with van der Waals surface area (Å²) < 4.78 is 6.05. The Hall–Kier alpha value is -0.160. The highest BCUT2D eigenvalue weighted by atomic mass is 16.5. The molecule has 1 saturated carbocycles. The molecule has 1 saturated heterocycles. The highest BCUT2D eigenvalue weighted by Crippen LogP contribution is 2.34. The van der Waals surface area contributed by atoms with E-state index in [1.54, 1.807) is 0 Å². The average molecular weight is 283 g/mol. The smallest absolute Gasteiger partial charge is 0.0871 e. The van der Waals surface area contributed by atoms with Crippen molar-refractivity contribution in [2.24, 2.45) is 17.7 Å². The van der Waals surface area contributed by atoms with Crippen molar-refractivity contribution in [2.75, 3.05) is 19.7 Å². The van der Waals surface area contributed by atoms with Gasteiger partial charge in [-0.1, -0.05) is 26.2 Å². The molecule has 2 aliphatic rings. The Morgan fingerprint density at radius 3 is 2.80 bits per heavy atom. The van der Waals surface area contributed by atoms with Crippen LogP contribution in [0.25, 0.3) is 0 Å². The van der Waals surface area contributed by atoms with Crippen molar-refractivity contribution >= 4 is 0 Å². The van der Waals surface area contributed by atoms with E-state index in [0.717, 1.165) is 25.6 Å². The van der Waals surface area contributed by atoms with Crippen molar-refractivity contribution in [3.05, 3.63) is 0 Å². The zero-order valence-corrected chi connectivity index (χ0v) is 13.5. The van der Waals surface area contributed by atoms with Crippen molar-refractivity contribution in [2.45, 2.75) is 71.1 Å². The first-order valence-corrected chi connectivity index (χ1v) is 8.47. The summed E-state index contributed by atoms with van der Waals surface area (Å²) in [6, 6.07) is 0.903. The number of ether oxygens (including phenoxy) is 1. The van der Waals surface area contributed by atoms with Crippen molar-refractivity contribution < 1.29 is 4.74 Å². The van der Waals surface area contributed by atoms with E-state index in [1.165, 1.54) is 32.1 Å². The van der Waals surface area contributed by atoms with Gasteiger partial charge >= 0.3 is 0 Å². The molecule has 4 nitrogen and oxygen atoms in total. The minimum atomic E-state index is 0.247. The molecular weight excluding hydrogens is 250 g/mol. The van der Waals surface area contributed by atoms with Gasteiger partial charge in [0, 0.05) is 19.1 Å². The second-order valence-corrected chi connectivity index (χ2v) is 6.89. The minimum absolute atomic E-state index is 0.247. The van der Waals surface area contributed by atoms with Crippen LogP contribution in [0.1, 0.15) is 52.9 Å². The zero-order chi connectivity index (χ0) is 14.5. The molecule has 0 aromatic rings. The number of nitrogens with one attached hydrogen (secondary N) is 1. The Balaban J connectivity index is 1.96. The first kappa shape index (κ1) is 16.2. The van der Waals surface area contributed by atoms with E-state index >= 15 is 0 Å². The van der Waals surface area contributed by atoms with Crippen LogP contribution < -0.4 is 11.3 Å². The van der Waals surface area contributed by atoms with Crippen LogP contribution in [0.4, 0.5) is 0 Å². The molecule has 4 atom stereocenters. The van der Waals surface area contributed by atoms with Gasteiger partial charge in [-0.25, -0.2) is 0 Å². The van der Waals surface area contributed by atoms with E-state index < -0.39 is 0 Å². The second kappa shape index (κ2) is 7.74. The molecule has 2 fully saturated rings. The summed E-state index contributed by atoms with van der Waals surface area (Å²) >= 11 is 0. The molecule has 0 spiro atoms. The van der Waals surface area contributed by atoms with Crippen LogP contribution in [0, 0.1) is 11.8 Å². The summed E-state index contributed by atoms with van der Waals surface area (Å²) in [5.74, 6) is 7.45. The molecule has 0 amide bonds. The molecule has 0 aromatic heterocycles. The highest BCUT2D eigenvalue weighted by molar-refractivity contribution is 4.90. The lowest BCUT2D eigenvalue weighted by atomic mass is 9.75. The first-order valence-electron chi connectivity index (χ1n) is 8.47. The van der Waals surface area contributed by atoms with Crippen LogP contribution in [-0.2, 0) is 4.74 Å². The molecule has 2 rings (SSSR count). The normalized spacial score (nSPS) is 34.4. The fourth-order valence-electron chi connectivity index (χ4n) is 3.96. The maximum absolute atomic E-state index is 6.05. The Kier molecular flexibility index (Phi) is 6.27. The second-order valence-electron chi connectivity index (χ2n) is 6.89. The summed E-state index contributed by atoms with van der Waals surface area (Å²) in [6.07, 6.45) is 6.91. The van der Waals surface area contributed by atoms with Crippen LogP contribution in [-0.4, -0.2) is 42.8 Å². The number of nitrogens with two attached hydrogens (primary N) is 1. The van der Waals surface area contributed by atoms with Gasteiger partial charge in [0.25, 0.3) is 0 Å². The monoisotopic (exact) mass is 283 g/mol. The molecule has 1 heterocycles. The quantitative estimate of drug-likeness (QED) is 0.599. The lowest BCUT2D eigenvalue weighted by Crippen LogP contribution is -2.58. The van der Waals surface area contributed by atoms with Crippen LogP contribution in [0.2, 0.25) is 0 Å². The van der Waals surface area contributed by atoms with E-state index in [0.29, 0.717) is 18.0 Å². The van der Waals surface area contributed by atoms with Gasteiger partial charge in [0.15, 0.2) is 0 Å². The van der Waals surface area contributed by atoms with Gasteiger partial charge in [0.2, 0.25) is 0 Å². The summed E-state index contributed by atoms with van der Waals surface area (Å²) in [7, 11) is 0. The van der Waals surface area contributed by atoms with Gasteiger partial charge in [0.05, 0.1) is 18.8 Å². The molecule has 3 N–H and O–H groups in total. The Bertz CT molecular complexity index is 285. The molecule has 1 aliphatic carbocycles. The number of nitrogens with zero attached hydrogens (tertiary/aromatic N) is 1. The fraction of sp³-hybridized carbons (Fsp3) is 1.00. The predicted octanol–water partition coefficient (Wildman–Crippen LogP) is 2.14. The third kappa shape index (κ3) is 3.94. The molecule has 20 heavy (non-hydrogen) atoms. The van der Waals surface area contributed by atoms with E-state index in [4.69, 9.17) is 10.6 Å². The van der Waals surface area contributed by atoms with Crippen LogP contribution in [0.5, 0.6) is 0 Å². The maximum Gasteiger partial charge on any atom is 0.0871 e. The van der Waals surface area contributed by atoms with Gasteiger partial charge in [-0.05, 0) is 38.5 Å². The van der Waals surface area contributed by atoms with E-state index in [2.05, 4.69) is 31.1 Å². The lowest BCUT2D eigenvalue weighted by molar-refractivity contribution is -0.0690. The first-order chi connectivity index (χ1) is 9.65. The predicted molar refractivity (Wildman–Crippen MR) is 83.3 cm³/mol. The summed E-state index contributed by atoms with van der Waals surface area (Å²) in [5, 5.41) is 0. The molecule has 4 heteroatoms. The van der Waals surface area contributed by atoms with Gasteiger partial charge < -0.3 is 4.74 Å². The number of hydrazine groups is 1. The van der Waals surface area contributed by atoms with E-state index in [-0.39, 0.29) is 6.10 Å². The Morgan fingerprint density at radius 1 is 1.35 bits per heavy atom. The number of rotatable bonds is 5. The van der Waals surface area contributed by atoms with Gasteiger partial charge in [-0.3, -0.25) is 16.2 Å². The topological polar surface area (TPSA) is 50.5 Å². The van der Waals surface area contributed by atoms with Crippen LogP contribution in [0.3, 0.4) is 0 Å². The Labute approximate surface area is 124 Å². The minimum Gasteiger partial charge on any atom is -0.374 e. The summed E-state index contributed by atoms with van der Waals surface area (Å²) in [6.45, 7) is 9.75. The number of hydrogen-bond donors (Lipinski definition) is 2. The van der Waals surface area contributed by atoms with E-state index in [9.17, 15) is 0 Å². The van der Waals surface area contributed by atoms with Crippen molar-refractivity contribution in [1.82, 2.24) is 10.3 Å². The molecule has 0 aromatic carbocycles. The molecule has 0 radical (unpaired) electrons. The van der Waals surface area contributed by atoms with Crippen LogP contribution in [0.15, 0.2) is 0 Å². The Morgan fingerprint density at radius 2 is 2.15 bits per heavy atom. The molecule has 1 aliphatic heterocycles. The zero-order valence-electron chi connectivity index (χ0n) is 13.5. The van der Waals surface area contributed by atoms with Gasteiger partial charge in [-0.2, -0.15) is 0 Å². The van der Waals surface area contributed by atoms with Gasteiger partial charge in [0.1, 0.15) is 0 Å².